The Hall–Kier alpha value is -4.32. The van der Waals surface area contributed by atoms with Crippen molar-refractivity contribution in [2.24, 2.45) is 0 Å². The van der Waals surface area contributed by atoms with Crippen LogP contribution in [-0.2, 0) is 9.59 Å². The number of fused-ring (bicyclic) bond motifs is 1. The summed E-state index contributed by atoms with van der Waals surface area (Å²) in [5, 5.41) is 7.46. The summed E-state index contributed by atoms with van der Waals surface area (Å²) in [6.45, 7) is 7.74. The maximum Gasteiger partial charge on any atom is 0.262 e. The molecule has 0 heterocycles. The van der Waals surface area contributed by atoms with Gasteiger partial charge in [0, 0.05) is 22.1 Å². The minimum absolute atomic E-state index is 0.106. The fraction of sp³-hybridized carbons (Fsp3) is 0.200. The molecule has 0 atom stereocenters. The highest BCUT2D eigenvalue weighted by Crippen LogP contribution is 2.29. The van der Waals surface area contributed by atoms with Crippen molar-refractivity contribution in [2.75, 3.05) is 23.8 Å². The van der Waals surface area contributed by atoms with E-state index in [1.807, 2.05) is 88.4 Å². The Morgan fingerprint density at radius 2 is 0.944 bits per heavy atom. The van der Waals surface area contributed by atoms with Gasteiger partial charge in [0.1, 0.15) is 11.5 Å². The van der Waals surface area contributed by atoms with Gasteiger partial charge in [-0.25, -0.2) is 0 Å². The molecule has 0 radical (unpaired) electrons. The van der Waals surface area contributed by atoms with E-state index in [9.17, 15) is 9.59 Å². The van der Waals surface area contributed by atoms with Gasteiger partial charge in [-0.2, -0.15) is 0 Å². The van der Waals surface area contributed by atoms with E-state index in [4.69, 9.17) is 9.47 Å². The third-order valence-corrected chi connectivity index (χ3v) is 5.60. The maximum absolute atomic E-state index is 12.6. The van der Waals surface area contributed by atoms with Gasteiger partial charge in [0.25, 0.3) is 11.8 Å². The van der Waals surface area contributed by atoms with Crippen LogP contribution in [0.5, 0.6) is 11.5 Å². The monoisotopic (exact) mass is 482 g/mol. The smallest absolute Gasteiger partial charge is 0.262 e. The average molecular weight is 483 g/mol. The number of amides is 2. The largest absolute Gasteiger partial charge is 0.484 e. The van der Waals surface area contributed by atoms with Crippen LogP contribution < -0.4 is 20.1 Å². The number of aryl methyl sites for hydroxylation is 4. The SMILES string of the molecule is Cc1cc(C)cc(OCC(=O)Nc2cccc3c(NC(=O)COc4cc(C)cc(C)c4)cccc23)c1. The molecule has 36 heavy (non-hydrogen) atoms. The Bertz CT molecular complexity index is 1280. The number of anilines is 2. The van der Waals surface area contributed by atoms with Crippen LogP contribution in [0.15, 0.2) is 72.8 Å². The van der Waals surface area contributed by atoms with E-state index in [0.717, 1.165) is 33.0 Å². The lowest BCUT2D eigenvalue weighted by Crippen LogP contribution is -2.21. The fourth-order valence-electron chi connectivity index (χ4n) is 4.23. The molecule has 0 aliphatic rings. The van der Waals surface area contributed by atoms with Crippen molar-refractivity contribution < 1.29 is 19.1 Å². The number of carbonyl (C=O) groups excluding carboxylic acids is 2. The molecule has 0 saturated heterocycles. The number of hydrogen-bond donors (Lipinski definition) is 2. The molecule has 0 spiro atoms. The van der Waals surface area contributed by atoms with Crippen molar-refractivity contribution in [3.63, 3.8) is 0 Å². The first-order valence-corrected chi connectivity index (χ1v) is 11.8. The summed E-state index contributed by atoms with van der Waals surface area (Å²) in [5.74, 6) is 0.790. The van der Waals surface area contributed by atoms with Crippen LogP contribution in [0.2, 0.25) is 0 Å². The van der Waals surface area contributed by atoms with Gasteiger partial charge >= 0.3 is 0 Å². The molecule has 0 bridgehead atoms. The quantitative estimate of drug-likeness (QED) is 0.318. The number of rotatable bonds is 8. The van der Waals surface area contributed by atoms with Crippen LogP contribution in [0.1, 0.15) is 22.3 Å². The Morgan fingerprint density at radius 1 is 0.583 bits per heavy atom. The van der Waals surface area contributed by atoms with E-state index < -0.39 is 0 Å². The molecule has 4 aromatic carbocycles. The summed E-state index contributed by atoms with van der Waals surface area (Å²) in [4.78, 5) is 25.2. The molecule has 0 aliphatic heterocycles. The van der Waals surface area contributed by atoms with Crippen LogP contribution in [0.4, 0.5) is 11.4 Å². The fourth-order valence-corrected chi connectivity index (χ4v) is 4.23. The number of hydrogen-bond acceptors (Lipinski definition) is 4. The summed E-state index contributed by atoms with van der Waals surface area (Å²) in [5.41, 5.74) is 5.59. The summed E-state index contributed by atoms with van der Waals surface area (Å²) < 4.78 is 11.4. The number of ether oxygens (including phenoxy) is 2. The molecule has 0 unspecified atom stereocenters. The molecular formula is C30H30N2O4. The molecule has 0 saturated carbocycles. The average Bonchev–Trinajstić information content (AvgIpc) is 2.81. The summed E-state index contributed by atoms with van der Waals surface area (Å²) >= 11 is 0. The molecule has 2 N–H and O–H groups in total. The van der Waals surface area contributed by atoms with Crippen molar-refractivity contribution >= 4 is 34.0 Å². The minimum Gasteiger partial charge on any atom is -0.484 e. The van der Waals surface area contributed by atoms with Crippen molar-refractivity contribution in [1.29, 1.82) is 0 Å². The van der Waals surface area contributed by atoms with Gasteiger partial charge in [0.2, 0.25) is 0 Å². The minimum atomic E-state index is -0.266. The molecule has 0 aromatic heterocycles. The van der Waals surface area contributed by atoms with Gasteiger partial charge < -0.3 is 20.1 Å². The summed E-state index contributed by atoms with van der Waals surface area (Å²) in [6.07, 6.45) is 0. The Labute approximate surface area is 211 Å². The molecule has 4 aromatic rings. The van der Waals surface area contributed by atoms with Gasteiger partial charge in [-0.1, -0.05) is 36.4 Å². The highest BCUT2D eigenvalue weighted by molar-refractivity contribution is 6.09. The molecule has 2 amide bonds. The molecule has 6 nitrogen and oxygen atoms in total. The first kappa shape index (κ1) is 24.8. The zero-order chi connectivity index (χ0) is 25.7. The lowest BCUT2D eigenvalue weighted by molar-refractivity contribution is -0.118. The molecule has 184 valence electrons. The maximum atomic E-state index is 12.6. The Balaban J connectivity index is 1.42. The van der Waals surface area contributed by atoms with E-state index in [1.54, 1.807) is 0 Å². The molecule has 4 rings (SSSR count). The normalized spacial score (nSPS) is 10.7. The highest BCUT2D eigenvalue weighted by Gasteiger charge is 2.11. The molecular weight excluding hydrogens is 452 g/mol. The van der Waals surface area contributed by atoms with Crippen LogP contribution in [0.3, 0.4) is 0 Å². The van der Waals surface area contributed by atoms with E-state index in [0.29, 0.717) is 22.9 Å². The van der Waals surface area contributed by atoms with Gasteiger partial charge in [-0.3, -0.25) is 9.59 Å². The molecule has 0 aliphatic carbocycles. The van der Waals surface area contributed by atoms with Crippen LogP contribution >= 0.6 is 0 Å². The Kier molecular flexibility index (Phi) is 7.54. The van der Waals surface area contributed by atoms with E-state index in [1.165, 1.54) is 0 Å². The van der Waals surface area contributed by atoms with E-state index in [-0.39, 0.29) is 25.0 Å². The van der Waals surface area contributed by atoms with E-state index in [2.05, 4.69) is 22.8 Å². The zero-order valence-electron chi connectivity index (χ0n) is 21.0. The molecule has 0 fully saturated rings. The topological polar surface area (TPSA) is 76.7 Å². The van der Waals surface area contributed by atoms with Crippen LogP contribution in [0.25, 0.3) is 10.8 Å². The number of nitrogens with one attached hydrogen (secondary N) is 2. The number of benzene rings is 4. The second kappa shape index (κ2) is 11.0. The first-order chi connectivity index (χ1) is 17.3. The molecule has 6 heteroatoms. The standard InChI is InChI=1S/C30H30N2O4/c1-19-11-20(2)14-23(13-19)35-17-29(33)31-27-9-5-8-26-25(27)7-6-10-28(26)32-30(34)18-36-24-15-21(3)12-22(4)16-24/h5-16H,17-18H2,1-4H3,(H,31,33)(H,32,34). The lowest BCUT2D eigenvalue weighted by atomic mass is 10.1. The van der Waals surface area contributed by atoms with Gasteiger partial charge in [-0.15, -0.1) is 0 Å². The Morgan fingerprint density at radius 3 is 1.31 bits per heavy atom. The third-order valence-electron chi connectivity index (χ3n) is 5.60. The lowest BCUT2D eigenvalue weighted by Gasteiger charge is -2.14. The predicted octanol–water partition coefficient (Wildman–Crippen LogP) is 6.11. The van der Waals surface area contributed by atoms with Gasteiger partial charge in [0.05, 0.1) is 0 Å². The zero-order valence-corrected chi connectivity index (χ0v) is 21.0. The first-order valence-electron chi connectivity index (χ1n) is 11.8. The van der Waals surface area contributed by atoms with Crippen LogP contribution in [0, 0.1) is 27.7 Å². The van der Waals surface area contributed by atoms with Crippen LogP contribution in [-0.4, -0.2) is 25.0 Å². The van der Waals surface area contributed by atoms with Gasteiger partial charge in [-0.05, 0) is 86.3 Å². The van der Waals surface area contributed by atoms with Crippen molar-refractivity contribution in [3.8, 4) is 11.5 Å². The highest BCUT2D eigenvalue weighted by atomic mass is 16.5. The summed E-state index contributed by atoms with van der Waals surface area (Å²) in [6, 6.07) is 22.8. The third kappa shape index (κ3) is 6.42. The number of carbonyl (C=O) groups is 2. The second-order valence-corrected chi connectivity index (χ2v) is 9.03. The van der Waals surface area contributed by atoms with Crippen molar-refractivity contribution in [1.82, 2.24) is 0 Å². The van der Waals surface area contributed by atoms with E-state index >= 15 is 0 Å². The second-order valence-electron chi connectivity index (χ2n) is 9.03. The van der Waals surface area contributed by atoms with Crippen molar-refractivity contribution in [2.45, 2.75) is 27.7 Å². The summed E-state index contributed by atoms with van der Waals surface area (Å²) in [7, 11) is 0. The predicted molar refractivity (Wildman–Crippen MR) is 144 cm³/mol. The van der Waals surface area contributed by atoms with Crippen molar-refractivity contribution in [3.05, 3.63) is 95.1 Å². The van der Waals surface area contributed by atoms with Gasteiger partial charge in [0.15, 0.2) is 13.2 Å².